The quantitative estimate of drug-likeness (QED) is 0.737. The van der Waals surface area contributed by atoms with Crippen LogP contribution in [0, 0.1) is 34.3 Å². The van der Waals surface area contributed by atoms with Crippen LogP contribution in [0.2, 0.25) is 0 Å². The average molecular weight is 314 g/mol. The van der Waals surface area contributed by atoms with Gasteiger partial charge in [-0.2, -0.15) is 36.9 Å². The van der Waals surface area contributed by atoms with Crippen LogP contribution >= 0.6 is 0 Å². The highest BCUT2D eigenvalue weighted by molar-refractivity contribution is 5.50. The molecule has 0 fully saturated rings. The Labute approximate surface area is 111 Å². The van der Waals surface area contributed by atoms with E-state index in [0.29, 0.717) is 6.07 Å². The van der Waals surface area contributed by atoms with Crippen molar-refractivity contribution in [2.45, 2.75) is 18.8 Å². The predicted molar refractivity (Wildman–Crippen MR) is 50.4 cm³/mol. The van der Waals surface area contributed by atoms with Crippen LogP contribution in [0.5, 0.6) is 0 Å². The zero-order valence-electron chi connectivity index (χ0n) is 9.63. The first-order valence-electron chi connectivity index (χ1n) is 4.92. The molecule has 0 spiro atoms. The van der Waals surface area contributed by atoms with Crippen LogP contribution in [-0.2, 0) is 18.8 Å². The highest BCUT2D eigenvalue weighted by Crippen LogP contribution is 2.43. The smallest absolute Gasteiger partial charge is 0.205 e. The van der Waals surface area contributed by atoms with E-state index in [1.54, 1.807) is 0 Å². The number of rotatable bonds is 1. The molecule has 0 aliphatic carbocycles. The molecule has 1 aromatic rings. The molecule has 0 unspecified atom stereocenters. The number of hydrogen-bond acceptors (Lipinski definition) is 2. The van der Waals surface area contributed by atoms with E-state index in [1.807, 2.05) is 0 Å². The van der Waals surface area contributed by atoms with Crippen LogP contribution in [0.3, 0.4) is 0 Å². The average Bonchev–Trinajstić information content (AvgIpc) is 2.25. The molecule has 112 valence electrons. The molecule has 0 aliphatic heterocycles. The molecule has 1 rings (SSSR count). The van der Waals surface area contributed by atoms with Crippen molar-refractivity contribution in [3.05, 3.63) is 33.9 Å². The first-order chi connectivity index (χ1) is 9.46. The number of halogens is 8. The molecule has 0 N–H and O–H groups in total. The molecule has 21 heavy (non-hydrogen) atoms. The van der Waals surface area contributed by atoms with Crippen molar-refractivity contribution in [1.29, 1.82) is 10.5 Å². The Balaban J connectivity index is 4.07. The molecule has 0 atom stereocenters. The Kier molecular flexibility index (Phi) is 4.14. The van der Waals surface area contributed by atoms with Gasteiger partial charge in [-0.15, -0.1) is 0 Å². The van der Waals surface area contributed by atoms with Gasteiger partial charge in [-0.1, -0.05) is 0 Å². The summed E-state index contributed by atoms with van der Waals surface area (Å²) in [6, 6.07) is 1.61. The maximum Gasteiger partial charge on any atom is 0.419 e. The number of nitriles is 2. The van der Waals surface area contributed by atoms with E-state index >= 15 is 0 Å². The molecular weight excluding hydrogens is 312 g/mol. The maximum atomic E-state index is 13.5. The van der Waals surface area contributed by atoms with Crippen molar-refractivity contribution < 1.29 is 35.1 Å². The summed E-state index contributed by atoms with van der Waals surface area (Å²) < 4.78 is 103. The largest absolute Gasteiger partial charge is 0.419 e. The van der Waals surface area contributed by atoms with Crippen molar-refractivity contribution in [2.75, 3.05) is 0 Å². The minimum atomic E-state index is -5.63. The molecule has 1 aromatic carbocycles. The van der Waals surface area contributed by atoms with E-state index in [-0.39, 0.29) is 0 Å². The topological polar surface area (TPSA) is 47.6 Å². The summed E-state index contributed by atoms with van der Waals surface area (Å²) in [6.07, 6.45) is -12.8. The maximum absolute atomic E-state index is 13.5. The van der Waals surface area contributed by atoms with Gasteiger partial charge < -0.3 is 0 Å². The number of nitrogens with zero attached hydrogens (tertiary/aromatic N) is 2. The fourth-order valence-corrected chi connectivity index (χ4v) is 1.68. The van der Waals surface area contributed by atoms with E-state index in [9.17, 15) is 35.1 Å². The van der Waals surface area contributed by atoms with Gasteiger partial charge in [-0.25, -0.2) is 8.78 Å². The van der Waals surface area contributed by atoms with Gasteiger partial charge in [-0.3, -0.25) is 0 Å². The summed E-state index contributed by atoms with van der Waals surface area (Å²) in [6.45, 7) is 0. The van der Waals surface area contributed by atoms with Crippen molar-refractivity contribution in [3.63, 3.8) is 0 Å². The van der Waals surface area contributed by atoms with Crippen LogP contribution in [0.15, 0.2) is 0 Å². The van der Waals surface area contributed by atoms with Crippen LogP contribution in [0.4, 0.5) is 35.1 Å². The minimum absolute atomic E-state index is 0.625. The Bertz CT molecular complexity index is 616. The van der Waals surface area contributed by atoms with Crippen molar-refractivity contribution >= 4 is 0 Å². The number of benzene rings is 1. The number of alkyl halides is 6. The lowest BCUT2D eigenvalue weighted by atomic mass is 9.93. The zero-order chi connectivity index (χ0) is 16.6. The lowest BCUT2D eigenvalue weighted by Crippen LogP contribution is -2.22. The van der Waals surface area contributed by atoms with Crippen LogP contribution < -0.4 is 0 Å². The molecule has 0 amide bonds. The molecule has 2 nitrogen and oxygen atoms in total. The molecule has 0 heterocycles. The fraction of sp³-hybridized carbons (Fsp3) is 0.273. The minimum Gasteiger partial charge on any atom is -0.205 e. The van der Waals surface area contributed by atoms with E-state index in [4.69, 9.17) is 10.5 Å². The van der Waals surface area contributed by atoms with Gasteiger partial charge in [0.25, 0.3) is 0 Å². The first-order valence-corrected chi connectivity index (χ1v) is 4.92. The molecule has 0 bridgehead atoms. The van der Waals surface area contributed by atoms with Gasteiger partial charge >= 0.3 is 12.4 Å². The second-order valence-electron chi connectivity index (χ2n) is 3.67. The SMILES string of the molecule is N#CCc1c(C(F)(F)F)c(F)c(C#N)c(F)c1C(F)(F)F. The normalized spacial score (nSPS) is 11.9. The lowest BCUT2D eigenvalue weighted by molar-refractivity contribution is -0.147. The van der Waals surface area contributed by atoms with Crippen molar-refractivity contribution in [3.8, 4) is 12.1 Å². The summed E-state index contributed by atoms with van der Waals surface area (Å²) >= 11 is 0. The molecule has 0 saturated heterocycles. The Morgan fingerprint density at radius 3 is 1.43 bits per heavy atom. The molecular formula is C11H2F8N2. The van der Waals surface area contributed by atoms with Gasteiger partial charge in [0.1, 0.15) is 11.6 Å². The third kappa shape index (κ3) is 2.89. The van der Waals surface area contributed by atoms with Gasteiger partial charge in [0.05, 0.1) is 23.6 Å². The molecule has 0 aromatic heterocycles. The second-order valence-corrected chi connectivity index (χ2v) is 3.67. The Morgan fingerprint density at radius 1 is 0.810 bits per heavy atom. The van der Waals surface area contributed by atoms with Crippen LogP contribution in [0.25, 0.3) is 0 Å². The summed E-state index contributed by atoms with van der Waals surface area (Å²) in [7, 11) is 0. The second kappa shape index (κ2) is 5.20. The van der Waals surface area contributed by atoms with Crippen molar-refractivity contribution in [2.24, 2.45) is 0 Å². The summed E-state index contributed by atoms with van der Waals surface area (Å²) in [5, 5.41) is 16.7. The van der Waals surface area contributed by atoms with E-state index < -0.39 is 52.7 Å². The first kappa shape index (κ1) is 16.7. The highest BCUT2D eigenvalue weighted by Gasteiger charge is 2.47. The Hall–Kier alpha value is -2.36. The monoisotopic (exact) mass is 314 g/mol. The summed E-state index contributed by atoms with van der Waals surface area (Å²) in [5.41, 5.74) is -8.81. The standard InChI is InChI=1S/C11H2F8N2/c12-8-5(3-21)9(13)7(11(17,18)19)4(1-2-20)6(8)10(14,15)16/h1H2. The summed E-state index contributed by atoms with van der Waals surface area (Å²) in [5.74, 6) is -4.94. The predicted octanol–water partition coefficient (Wildman–Crippen LogP) is 3.94. The summed E-state index contributed by atoms with van der Waals surface area (Å²) in [4.78, 5) is 0. The van der Waals surface area contributed by atoms with Crippen LogP contribution in [0.1, 0.15) is 22.3 Å². The van der Waals surface area contributed by atoms with Crippen molar-refractivity contribution in [1.82, 2.24) is 0 Å². The van der Waals surface area contributed by atoms with E-state index in [1.165, 1.54) is 0 Å². The van der Waals surface area contributed by atoms with Crippen LogP contribution in [-0.4, -0.2) is 0 Å². The van der Waals surface area contributed by atoms with E-state index in [0.717, 1.165) is 6.07 Å². The van der Waals surface area contributed by atoms with E-state index in [2.05, 4.69) is 0 Å². The Morgan fingerprint density at radius 2 is 1.19 bits per heavy atom. The number of hydrogen-bond donors (Lipinski definition) is 0. The molecule has 0 saturated carbocycles. The molecule has 0 radical (unpaired) electrons. The third-order valence-electron chi connectivity index (χ3n) is 2.42. The fourth-order valence-electron chi connectivity index (χ4n) is 1.68. The third-order valence-corrected chi connectivity index (χ3v) is 2.42. The zero-order valence-corrected chi connectivity index (χ0v) is 9.63. The lowest BCUT2D eigenvalue weighted by Gasteiger charge is -2.19. The highest BCUT2D eigenvalue weighted by atomic mass is 19.4. The van der Waals surface area contributed by atoms with Gasteiger partial charge in [0.15, 0.2) is 11.6 Å². The van der Waals surface area contributed by atoms with Gasteiger partial charge in [0.2, 0.25) is 0 Å². The molecule has 10 heteroatoms. The van der Waals surface area contributed by atoms with Gasteiger partial charge in [-0.05, 0) is 5.56 Å². The van der Waals surface area contributed by atoms with Gasteiger partial charge in [0, 0.05) is 0 Å². The molecule has 0 aliphatic rings.